The van der Waals surface area contributed by atoms with E-state index >= 15 is 0 Å². The molecule has 5 aromatic rings. The van der Waals surface area contributed by atoms with Gasteiger partial charge < -0.3 is 36.0 Å². The van der Waals surface area contributed by atoms with E-state index in [1.54, 1.807) is 12.0 Å². The molecule has 1 saturated heterocycles. The van der Waals surface area contributed by atoms with Crippen LogP contribution in [0.3, 0.4) is 0 Å². The molecular weight excluding hydrogens is 580 g/mol. The van der Waals surface area contributed by atoms with Gasteiger partial charge in [0, 0.05) is 60.4 Å². The van der Waals surface area contributed by atoms with Gasteiger partial charge in [-0.05, 0) is 60.2 Å². The number of ether oxygens (including phenoxy) is 1. The zero-order chi connectivity index (χ0) is 32.0. The third kappa shape index (κ3) is 6.77. The number of methoxy groups -OCH3 is 1. The van der Waals surface area contributed by atoms with Crippen LogP contribution in [0.1, 0.15) is 16.7 Å². The maximum absolute atomic E-state index is 13.6. The zero-order valence-corrected chi connectivity index (χ0v) is 25.9. The third-order valence-electron chi connectivity index (χ3n) is 8.97. The molecule has 0 spiro atoms. The number of carbonyl (C=O) groups excluding carboxylic acids is 3. The van der Waals surface area contributed by atoms with Crippen LogP contribution in [0.25, 0.3) is 21.8 Å². The van der Waals surface area contributed by atoms with Crippen molar-refractivity contribution in [2.24, 2.45) is 17.6 Å². The van der Waals surface area contributed by atoms with E-state index in [-0.39, 0.29) is 30.8 Å². The van der Waals surface area contributed by atoms with E-state index < -0.39 is 17.9 Å². The molecule has 0 radical (unpaired) electrons. The van der Waals surface area contributed by atoms with Crippen molar-refractivity contribution >= 4 is 39.5 Å². The fourth-order valence-corrected chi connectivity index (χ4v) is 6.43. The lowest BCUT2D eigenvalue weighted by Gasteiger charge is -2.21. The van der Waals surface area contributed by atoms with Crippen molar-refractivity contribution in [1.82, 2.24) is 25.5 Å². The molecule has 3 aromatic carbocycles. The summed E-state index contributed by atoms with van der Waals surface area (Å²) in [6.45, 7) is 1.09. The van der Waals surface area contributed by atoms with Gasteiger partial charge in [0.1, 0.15) is 5.75 Å². The minimum atomic E-state index is -0.803. The molecular formula is C36H40N6O4. The Morgan fingerprint density at radius 3 is 1.80 bits per heavy atom. The SMILES string of the molecule is COc1ccc(C[C@H](N)C(=O)N2C[C@@H](C(=O)NCCc3c[nH]c4ccccc34)[C@H](C(=O)NCCc3c[nH]c4ccccc34)C2)cc1. The van der Waals surface area contributed by atoms with Crippen LogP contribution in [0.15, 0.2) is 85.2 Å². The Labute approximate surface area is 267 Å². The summed E-state index contributed by atoms with van der Waals surface area (Å²) in [7, 11) is 1.60. The van der Waals surface area contributed by atoms with Crippen LogP contribution in [0.2, 0.25) is 0 Å². The molecule has 0 bridgehead atoms. The number of amides is 3. The van der Waals surface area contributed by atoms with E-state index in [1.165, 1.54) is 0 Å². The summed E-state index contributed by atoms with van der Waals surface area (Å²) in [5, 5.41) is 8.30. The van der Waals surface area contributed by atoms with Crippen LogP contribution in [0, 0.1) is 11.8 Å². The van der Waals surface area contributed by atoms with E-state index in [0.717, 1.165) is 44.2 Å². The van der Waals surface area contributed by atoms with Crippen molar-refractivity contribution in [1.29, 1.82) is 0 Å². The number of rotatable bonds is 12. The summed E-state index contributed by atoms with van der Waals surface area (Å²) >= 11 is 0. The Morgan fingerprint density at radius 2 is 1.30 bits per heavy atom. The predicted molar refractivity (Wildman–Crippen MR) is 178 cm³/mol. The van der Waals surface area contributed by atoms with E-state index in [0.29, 0.717) is 32.4 Å². The number of hydrogen-bond acceptors (Lipinski definition) is 5. The Balaban J connectivity index is 1.11. The van der Waals surface area contributed by atoms with Crippen molar-refractivity contribution in [3.8, 4) is 5.75 Å². The molecule has 3 atom stereocenters. The molecule has 46 heavy (non-hydrogen) atoms. The molecule has 0 aliphatic carbocycles. The smallest absolute Gasteiger partial charge is 0.239 e. The van der Waals surface area contributed by atoms with Gasteiger partial charge in [-0.1, -0.05) is 48.5 Å². The number of aromatic amines is 2. The number of nitrogens with zero attached hydrogens (tertiary/aromatic N) is 1. The summed E-state index contributed by atoms with van der Waals surface area (Å²) in [6.07, 6.45) is 5.53. The Morgan fingerprint density at radius 1 is 0.804 bits per heavy atom. The number of nitrogens with two attached hydrogens (primary N) is 1. The fourth-order valence-electron chi connectivity index (χ4n) is 6.43. The molecule has 3 heterocycles. The lowest BCUT2D eigenvalue weighted by atomic mass is 9.94. The second kappa shape index (κ2) is 13.9. The first kappa shape index (κ1) is 30.9. The van der Waals surface area contributed by atoms with Crippen molar-refractivity contribution < 1.29 is 19.1 Å². The molecule has 10 heteroatoms. The summed E-state index contributed by atoms with van der Waals surface area (Å²) in [5.74, 6) is -1.41. The molecule has 6 rings (SSSR count). The minimum Gasteiger partial charge on any atom is -0.497 e. The lowest BCUT2D eigenvalue weighted by molar-refractivity contribution is -0.132. The molecule has 10 nitrogen and oxygen atoms in total. The molecule has 2 aromatic heterocycles. The van der Waals surface area contributed by atoms with Crippen LogP contribution in [0.5, 0.6) is 5.75 Å². The second-order valence-corrected chi connectivity index (χ2v) is 11.9. The van der Waals surface area contributed by atoms with Crippen LogP contribution in [-0.2, 0) is 33.6 Å². The maximum Gasteiger partial charge on any atom is 0.239 e. The largest absolute Gasteiger partial charge is 0.497 e. The monoisotopic (exact) mass is 620 g/mol. The number of hydrogen-bond donors (Lipinski definition) is 5. The normalized spacial score (nSPS) is 16.9. The summed E-state index contributed by atoms with van der Waals surface area (Å²) < 4.78 is 5.22. The molecule has 1 aliphatic rings. The number of fused-ring (bicyclic) bond motifs is 2. The van der Waals surface area contributed by atoms with Gasteiger partial charge >= 0.3 is 0 Å². The summed E-state index contributed by atoms with van der Waals surface area (Å²) in [6, 6.07) is 22.7. The third-order valence-corrected chi connectivity index (χ3v) is 8.97. The molecule has 0 unspecified atom stereocenters. The first-order chi connectivity index (χ1) is 22.4. The maximum atomic E-state index is 13.6. The number of carbonyl (C=O) groups is 3. The van der Waals surface area contributed by atoms with E-state index in [1.807, 2.05) is 73.1 Å². The molecule has 1 aliphatic heterocycles. The van der Waals surface area contributed by atoms with Gasteiger partial charge in [0.25, 0.3) is 0 Å². The highest BCUT2D eigenvalue weighted by molar-refractivity contribution is 5.91. The average molecular weight is 621 g/mol. The lowest BCUT2D eigenvalue weighted by Crippen LogP contribution is -2.44. The zero-order valence-electron chi connectivity index (χ0n) is 25.9. The minimum absolute atomic E-state index is 0.134. The Kier molecular flexibility index (Phi) is 9.35. The van der Waals surface area contributed by atoms with Gasteiger partial charge in [0.05, 0.1) is 25.0 Å². The van der Waals surface area contributed by atoms with E-state index in [2.05, 4.69) is 32.7 Å². The van der Waals surface area contributed by atoms with Crippen LogP contribution in [0.4, 0.5) is 0 Å². The second-order valence-electron chi connectivity index (χ2n) is 11.9. The van der Waals surface area contributed by atoms with Gasteiger partial charge in [-0.3, -0.25) is 14.4 Å². The first-order valence-corrected chi connectivity index (χ1v) is 15.7. The van der Waals surface area contributed by atoms with Gasteiger partial charge in [-0.2, -0.15) is 0 Å². The first-order valence-electron chi connectivity index (χ1n) is 15.7. The van der Waals surface area contributed by atoms with Gasteiger partial charge in [-0.15, -0.1) is 0 Å². The number of aromatic nitrogens is 2. The number of H-pyrrole nitrogens is 2. The summed E-state index contributed by atoms with van der Waals surface area (Å²) in [5.41, 5.74) is 11.6. The van der Waals surface area contributed by atoms with Gasteiger partial charge in [-0.25, -0.2) is 0 Å². The average Bonchev–Trinajstić information content (AvgIpc) is 3.82. The van der Waals surface area contributed by atoms with Crippen molar-refractivity contribution in [3.63, 3.8) is 0 Å². The molecule has 0 saturated carbocycles. The van der Waals surface area contributed by atoms with Crippen LogP contribution >= 0.6 is 0 Å². The topological polar surface area (TPSA) is 145 Å². The van der Waals surface area contributed by atoms with Crippen LogP contribution < -0.4 is 21.1 Å². The fraction of sp³-hybridized carbons (Fsp3) is 0.306. The van der Waals surface area contributed by atoms with Gasteiger partial charge in [0.15, 0.2) is 0 Å². The molecule has 238 valence electrons. The van der Waals surface area contributed by atoms with Gasteiger partial charge in [0.2, 0.25) is 17.7 Å². The number of likely N-dealkylation sites (tertiary alicyclic amines) is 1. The Hall–Kier alpha value is -5.09. The standard InChI is InChI=1S/C36H40N6O4/c1-46-26-12-10-23(11-13-26)18-31(37)36(45)42-21-29(34(43)38-16-14-24-19-40-32-8-4-2-6-27(24)32)30(22-42)35(44)39-17-15-25-20-41-33-9-5-3-7-28(25)33/h2-13,19-20,29-31,40-41H,14-18,21-22,37H2,1H3,(H,38,43)(H,39,44)/t29-,30-,31+/m1/s1. The van der Waals surface area contributed by atoms with Crippen molar-refractivity contribution in [2.75, 3.05) is 33.3 Å². The van der Waals surface area contributed by atoms with E-state index in [4.69, 9.17) is 10.5 Å². The number of para-hydroxylation sites is 2. The van der Waals surface area contributed by atoms with E-state index in [9.17, 15) is 14.4 Å². The molecule has 6 N–H and O–H groups in total. The van der Waals surface area contributed by atoms with Crippen molar-refractivity contribution in [2.45, 2.75) is 25.3 Å². The molecule has 1 fully saturated rings. The van der Waals surface area contributed by atoms with Crippen molar-refractivity contribution in [3.05, 3.63) is 102 Å². The number of benzene rings is 3. The highest BCUT2D eigenvalue weighted by Gasteiger charge is 2.44. The highest BCUT2D eigenvalue weighted by Crippen LogP contribution is 2.26. The quantitative estimate of drug-likeness (QED) is 0.145. The number of nitrogens with one attached hydrogen (secondary N) is 4. The molecule has 3 amide bonds. The predicted octanol–water partition coefficient (Wildman–Crippen LogP) is 3.32. The van der Waals surface area contributed by atoms with Crippen LogP contribution in [-0.4, -0.2) is 71.9 Å². The Bertz CT molecular complexity index is 1730. The summed E-state index contributed by atoms with van der Waals surface area (Å²) in [4.78, 5) is 48.7. The highest BCUT2D eigenvalue weighted by atomic mass is 16.5.